The maximum Gasteiger partial charge on any atom is 0.144 e. The van der Waals surface area contributed by atoms with Crippen LogP contribution in [-0.4, -0.2) is 19.7 Å². The first-order valence-corrected chi connectivity index (χ1v) is 5.70. The molecule has 1 aromatic rings. The minimum Gasteiger partial charge on any atom is -0.493 e. The number of nitrogens with one attached hydrogen (secondary N) is 1. The Balaban J connectivity index is 2.47. The number of benzene rings is 1. The molecule has 1 rings (SSSR count). The molecule has 0 saturated heterocycles. The molecule has 0 aliphatic heterocycles. The quantitative estimate of drug-likeness (QED) is 0.824. The van der Waals surface area contributed by atoms with Crippen LogP contribution in [0.5, 0.6) is 5.75 Å². The Bertz CT molecular complexity index is 401. The first-order chi connectivity index (χ1) is 8.17. The minimum absolute atomic E-state index is 0.0399. The molecule has 0 fully saturated rings. The number of ether oxygens (including phenoxy) is 1. The Kier molecular flexibility index (Phi) is 5.44. The molecule has 0 aliphatic carbocycles. The Hall–Kier alpha value is -1.60. The van der Waals surface area contributed by atoms with Crippen LogP contribution in [0.4, 0.5) is 4.39 Å². The van der Waals surface area contributed by atoms with E-state index in [2.05, 4.69) is 12.2 Å². The maximum absolute atomic E-state index is 13.3. The molecule has 0 heterocycles. The van der Waals surface area contributed by atoms with E-state index in [1.807, 2.05) is 6.92 Å². The summed E-state index contributed by atoms with van der Waals surface area (Å²) >= 11 is 0. The molecule has 0 amide bonds. The molecule has 17 heavy (non-hydrogen) atoms. The highest BCUT2D eigenvalue weighted by atomic mass is 19.1. The van der Waals surface area contributed by atoms with Crippen LogP contribution in [-0.2, 0) is 0 Å². The predicted octanol–water partition coefficient (Wildman–Crippen LogP) is 2.32. The topological polar surface area (TPSA) is 45.0 Å². The molecule has 1 aromatic carbocycles. The molecule has 0 spiro atoms. The van der Waals surface area contributed by atoms with Gasteiger partial charge in [0.25, 0.3) is 0 Å². The summed E-state index contributed by atoms with van der Waals surface area (Å²) in [7, 11) is 0. The molecule has 0 aliphatic rings. The number of rotatable bonds is 6. The largest absolute Gasteiger partial charge is 0.493 e. The van der Waals surface area contributed by atoms with Crippen molar-refractivity contribution in [2.24, 2.45) is 5.92 Å². The zero-order valence-electron chi connectivity index (χ0n) is 10.2. The lowest BCUT2D eigenvalue weighted by molar-refractivity contribution is 0.255. The second-order valence-electron chi connectivity index (χ2n) is 3.98. The van der Waals surface area contributed by atoms with Crippen LogP contribution in [0, 0.1) is 23.1 Å². The van der Waals surface area contributed by atoms with E-state index in [1.54, 1.807) is 12.1 Å². The van der Waals surface area contributed by atoms with Crippen molar-refractivity contribution < 1.29 is 9.13 Å². The summed E-state index contributed by atoms with van der Waals surface area (Å²) < 4.78 is 18.7. The summed E-state index contributed by atoms with van der Waals surface area (Å²) in [6, 6.07) is 6.07. The van der Waals surface area contributed by atoms with Gasteiger partial charge < -0.3 is 10.1 Å². The van der Waals surface area contributed by atoms with Crippen LogP contribution in [0.25, 0.3) is 0 Å². The van der Waals surface area contributed by atoms with E-state index in [4.69, 9.17) is 10.00 Å². The molecule has 0 radical (unpaired) electrons. The molecule has 3 nitrogen and oxygen atoms in total. The van der Waals surface area contributed by atoms with E-state index in [1.165, 1.54) is 12.1 Å². The Morgan fingerprint density at radius 1 is 1.53 bits per heavy atom. The fraction of sp³-hybridized carbons (Fsp3) is 0.462. The zero-order valence-corrected chi connectivity index (χ0v) is 10.2. The van der Waals surface area contributed by atoms with Crippen LogP contribution in [0.1, 0.15) is 19.4 Å². The highest BCUT2D eigenvalue weighted by Crippen LogP contribution is 2.16. The van der Waals surface area contributed by atoms with E-state index in [0.29, 0.717) is 18.3 Å². The molecule has 0 saturated carbocycles. The Labute approximate surface area is 101 Å². The second-order valence-corrected chi connectivity index (χ2v) is 3.98. The van der Waals surface area contributed by atoms with Crippen molar-refractivity contribution in [2.45, 2.75) is 13.8 Å². The summed E-state index contributed by atoms with van der Waals surface area (Å²) in [5.74, 6) is 0.280. The molecule has 1 unspecified atom stereocenters. The van der Waals surface area contributed by atoms with Gasteiger partial charge in [0, 0.05) is 18.5 Å². The van der Waals surface area contributed by atoms with Gasteiger partial charge >= 0.3 is 0 Å². The zero-order chi connectivity index (χ0) is 12.7. The van der Waals surface area contributed by atoms with Gasteiger partial charge in [-0.05, 0) is 18.7 Å². The Morgan fingerprint density at radius 3 is 2.88 bits per heavy atom. The van der Waals surface area contributed by atoms with E-state index in [9.17, 15) is 4.39 Å². The third kappa shape index (κ3) is 4.41. The number of nitriles is 1. The fourth-order valence-corrected chi connectivity index (χ4v) is 1.36. The van der Waals surface area contributed by atoms with E-state index in [0.717, 1.165) is 13.1 Å². The molecule has 1 atom stereocenters. The van der Waals surface area contributed by atoms with Gasteiger partial charge in [-0.3, -0.25) is 0 Å². The minimum atomic E-state index is -0.538. The van der Waals surface area contributed by atoms with Gasteiger partial charge in [-0.2, -0.15) is 5.26 Å². The second kappa shape index (κ2) is 6.87. The van der Waals surface area contributed by atoms with Crippen molar-refractivity contribution in [3.63, 3.8) is 0 Å². The third-order valence-electron chi connectivity index (χ3n) is 2.34. The number of hydrogen-bond donors (Lipinski definition) is 1. The first kappa shape index (κ1) is 13.5. The van der Waals surface area contributed by atoms with Gasteiger partial charge in [0.2, 0.25) is 0 Å². The van der Waals surface area contributed by atoms with Gasteiger partial charge in [0.05, 0.1) is 12.2 Å². The van der Waals surface area contributed by atoms with Crippen molar-refractivity contribution in [1.82, 2.24) is 5.32 Å². The van der Waals surface area contributed by atoms with Crippen LogP contribution >= 0.6 is 0 Å². The number of halogens is 1. The van der Waals surface area contributed by atoms with Crippen molar-refractivity contribution >= 4 is 0 Å². The molecule has 92 valence electrons. The van der Waals surface area contributed by atoms with Crippen molar-refractivity contribution in [3.8, 4) is 11.8 Å². The van der Waals surface area contributed by atoms with Crippen molar-refractivity contribution in [3.05, 3.63) is 29.6 Å². The lowest BCUT2D eigenvalue weighted by Gasteiger charge is -2.13. The summed E-state index contributed by atoms with van der Waals surface area (Å²) in [5, 5.41) is 11.8. The smallest absolute Gasteiger partial charge is 0.144 e. The average Bonchev–Trinajstić information content (AvgIpc) is 2.34. The van der Waals surface area contributed by atoms with Crippen LogP contribution in [0.15, 0.2) is 18.2 Å². The highest BCUT2D eigenvalue weighted by Gasteiger charge is 2.05. The normalized spacial score (nSPS) is 11.9. The fourth-order valence-electron chi connectivity index (χ4n) is 1.36. The van der Waals surface area contributed by atoms with E-state index >= 15 is 0 Å². The third-order valence-corrected chi connectivity index (χ3v) is 2.34. The summed E-state index contributed by atoms with van der Waals surface area (Å²) in [5.41, 5.74) is 0.0399. The monoisotopic (exact) mass is 236 g/mol. The maximum atomic E-state index is 13.3. The van der Waals surface area contributed by atoms with Crippen molar-refractivity contribution in [2.75, 3.05) is 19.7 Å². The van der Waals surface area contributed by atoms with Crippen LogP contribution < -0.4 is 10.1 Å². The first-order valence-electron chi connectivity index (χ1n) is 5.70. The number of hydrogen-bond acceptors (Lipinski definition) is 3. The van der Waals surface area contributed by atoms with Gasteiger partial charge in [0.15, 0.2) is 0 Å². The van der Waals surface area contributed by atoms with E-state index in [-0.39, 0.29) is 5.56 Å². The number of nitrogens with zero attached hydrogens (tertiary/aromatic N) is 1. The molecule has 1 N–H and O–H groups in total. The average molecular weight is 236 g/mol. The Morgan fingerprint density at radius 2 is 2.29 bits per heavy atom. The van der Waals surface area contributed by atoms with Gasteiger partial charge in [0.1, 0.15) is 17.6 Å². The van der Waals surface area contributed by atoms with Crippen molar-refractivity contribution in [1.29, 1.82) is 5.26 Å². The van der Waals surface area contributed by atoms with E-state index < -0.39 is 5.82 Å². The highest BCUT2D eigenvalue weighted by molar-refractivity contribution is 5.36. The summed E-state index contributed by atoms with van der Waals surface area (Å²) in [4.78, 5) is 0. The van der Waals surface area contributed by atoms with Crippen LogP contribution in [0.2, 0.25) is 0 Å². The van der Waals surface area contributed by atoms with Crippen LogP contribution in [0.3, 0.4) is 0 Å². The summed E-state index contributed by atoms with van der Waals surface area (Å²) in [6.45, 7) is 6.43. The standard InChI is InChI=1S/C13H17FN2O/c1-3-16-8-10(2)9-17-12-5-4-11(7-15)13(14)6-12/h4-6,10,16H,3,8-9H2,1-2H3. The lowest BCUT2D eigenvalue weighted by Crippen LogP contribution is -2.24. The predicted molar refractivity (Wildman–Crippen MR) is 64.3 cm³/mol. The molecular formula is C13H17FN2O. The van der Waals surface area contributed by atoms with Gasteiger partial charge in [-0.15, -0.1) is 0 Å². The molecular weight excluding hydrogens is 219 g/mol. The lowest BCUT2D eigenvalue weighted by atomic mass is 10.2. The SMILES string of the molecule is CCNCC(C)COc1ccc(C#N)c(F)c1. The molecule has 0 bridgehead atoms. The summed E-state index contributed by atoms with van der Waals surface area (Å²) in [6.07, 6.45) is 0. The molecule has 4 heteroatoms. The van der Waals surface area contributed by atoms with Gasteiger partial charge in [-0.25, -0.2) is 4.39 Å². The molecule has 0 aromatic heterocycles. The van der Waals surface area contributed by atoms with Gasteiger partial charge in [-0.1, -0.05) is 13.8 Å².